The molecule has 16 heavy (non-hydrogen) atoms. The highest BCUT2D eigenvalue weighted by Crippen LogP contribution is 2.17. The number of ether oxygens (including phenoxy) is 1. The number of rotatable bonds is 3. The van der Waals surface area contributed by atoms with Crippen LogP contribution in [0.1, 0.15) is 15.9 Å². The number of hydrogen-bond donors (Lipinski definition) is 2. The first kappa shape index (κ1) is 12.5. The summed E-state index contributed by atoms with van der Waals surface area (Å²) in [5, 5.41) is 4.83. The van der Waals surface area contributed by atoms with Gasteiger partial charge in [0.05, 0.1) is 18.4 Å². The molecule has 0 fully saturated rings. The highest BCUT2D eigenvalue weighted by molar-refractivity contribution is 7.90. The van der Waals surface area contributed by atoms with Crippen LogP contribution in [-0.2, 0) is 14.9 Å². The van der Waals surface area contributed by atoms with Gasteiger partial charge in [0, 0.05) is 0 Å². The molecule has 0 radical (unpaired) electrons. The van der Waals surface area contributed by atoms with E-state index in [0.717, 1.165) is 0 Å². The second kappa shape index (κ2) is 4.50. The van der Waals surface area contributed by atoms with E-state index in [9.17, 15) is 13.2 Å². The number of benzene rings is 1. The maximum Gasteiger partial charge on any atom is 0.337 e. The summed E-state index contributed by atoms with van der Waals surface area (Å²) in [6, 6.07) is 4.41. The van der Waals surface area contributed by atoms with Gasteiger partial charge in [-0.15, -0.1) is 0 Å². The Labute approximate surface area is 93.6 Å². The van der Waals surface area contributed by atoms with Gasteiger partial charge in [0.15, 0.2) is 0 Å². The SMILES string of the molecule is COC(=O)c1ccc(NS(N)(=O)=O)c(C)c1. The molecule has 1 aromatic rings. The van der Waals surface area contributed by atoms with E-state index in [1.165, 1.54) is 25.3 Å². The number of aryl methyl sites for hydroxylation is 1. The number of esters is 1. The number of nitrogens with one attached hydrogen (secondary N) is 1. The van der Waals surface area contributed by atoms with Gasteiger partial charge in [-0.05, 0) is 30.7 Å². The molecular weight excluding hydrogens is 232 g/mol. The molecule has 7 heteroatoms. The van der Waals surface area contributed by atoms with Gasteiger partial charge >= 0.3 is 5.97 Å². The Morgan fingerprint density at radius 3 is 2.50 bits per heavy atom. The van der Waals surface area contributed by atoms with E-state index in [2.05, 4.69) is 9.46 Å². The molecule has 0 aromatic heterocycles. The average molecular weight is 244 g/mol. The van der Waals surface area contributed by atoms with Crippen LogP contribution < -0.4 is 9.86 Å². The predicted molar refractivity (Wildman–Crippen MR) is 59.2 cm³/mol. The lowest BCUT2D eigenvalue weighted by Crippen LogP contribution is -2.22. The first-order valence-electron chi connectivity index (χ1n) is 4.33. The second-order valence-electron chi connectivity index (χ2n) is 3.17. The molecule has 1 aromatic carbocycles. The zero-order chi connectivity index (χ0) is 12.3. The van der Waals surface area contributed by atoms with Gasteiger partial charge in [-0.3, -0.25) is 4.72 Å². The fourth-order valence-corrected chi connectivity index (χ4v) is 1.71. The number of carbonyl (C=O) groups excluding carboxylic acids is 1. The molecule has 0 amide bonds. The van der Waals surface area contributed by atoms with Crippen molar-refractivity contribution in [2.24, 2.45) is 5.14 Å². The summed E-state index contributed by atoms with van der Waals surface area (Å²) in [4.78, 5) is 11.2. The van der Waals surface area contributed by atoms with E-state index < -0.39 is 16.2 Å². The summed E-state index contributed by atoms with van der Waals surface area (Å²) in [5.41, 5.74) is 1.26. The third kappa shape index (κ3) is 3.21. The third-order valence-electron chi connectivity index (χ3n) is 1.90. The molecule has 3 N–H and O–H groups in total. The summed E-state index contributed by atoms with van der Waals surface area (Å²) >= 11 is 0. The Morgan fingerprint density at radius 1 is 1.44 bits per heavy atom. The Hall–Kier alpha value is -1.60. The number of hydrogen-bond acceptors (Lipinski definition) is 4. The molecule has 0 saturated heterocycles. The van der Waals surface area contributed by atoms with Crippen LogP contribution in [-0.4, -0.2) is 21.5 Å². The molecule has 0 aliphatic heterocycles. The van der Waals surface area contributed by atoms with Crippen LogP contribution in [0.3, 0.4) is 0 Å². The van der Waals surface area contributed by atoms with E-state index in [1.807, 2.05) is 0 Å². The lowest BCUT2D eigenvalue weighted by Gasteiger charge is -2.08. The van der Waals surface area contributed by atoms with E-state index in [4.69, 9.17) is 5.14 Å². The quantitative estimate of drug-likeness (QED) is 0.752. The molecule has 1 rings (SSSR count). The fourth-order valence-electron chi connectivity index (χ4n) is 1.18. The van der Waals surface area contributed by atoms with Crippen LogP contribution in [0, 0.1) is 6.92 Å². The number of carbonyl (C=O) groups is 1. The van der Waals surface area contributed by atoms with E-state index >= 15 is 0 Å². The highest BCUT2D eigenvalue weighted by atomic mass is 32.2. The number of methoxy groups -OCH3 is 1. The van der Waals surface area contributed by atoms with Crippen LogP contribution in [0.2, 0.25) is 0 Å². The minimum Gasteiger partial charge on any atom is -0.465 e. The Bertz CT molecular complexity index is 510. The average Bonchev–Trinajstić information content (AvgIpc) is 2.18. The van der Waals surface area contributed by atoms with Crippen LogP contribution in [0.5, 0.6) is 0 Å². The van der Waals surface area contributed by atoms with Crippen LogP contribution in [0.15, 0.2) is 18.2 Å². The van der Waals surface area contributed by atoms with Crippen molar-refractivity contribution in [3.05, 3.63) is 29.3 Å². The lowest BCUT2D eigenvalue weighted by molar-refractivity contribution is 0.0600. The minimum atomic E-state index is -3.80. The van der Waals surface area contributed by atoms with Gasteiger partial charge in [0.2, 0.25) is 0 Å². The second-order valence-corrected chi connectivity index (χ2v) is 4.46. The van der Waals surface area contributed by atoms with Crippen molar-refractivity contribution in [1.82, 2.24) is 0 Å². The monoisotopic (exact) mass is 244 g/mol. The topological polar surface area (TPSA) is 98.5 Å². The van der Waals surface area contributed by atoms with Gasteiger partial charge in [-0.25, -0.2) is 9.93 Å². The molecule has 0 bridgehead atoms. The molecule has 88 valence electrons. The van der Waals surface area contributed by atoms with Gasteiger partial charge in [-0.1, -0.05) is 0 Å². The van der Waals surface area contributed by atoms with Crippen molar-refractivity contribution in [2.75, 3.05) is 11.8 Å². The maximum absolute atomic E-state index is 11.2. The van der Waals surface area contributed by atoms with Crippen molar-refractivity contribution in [3.63, 3.8) is 0 Å². The van der Waals surface area contributed by atoms with Crippen molar-refractivity contribution >= 4 is 21.9 Å². The summed E-state index contributed by atoms with van der Waals surface area (Å²) in [6.45, 7) is 1.65. The summed E-state index contributed by atoms with van der Waals surface area (Å²) < 4.78 is 28.3. The maximum atomic E-state index is 11.2. The summed E-state index contributed by atoms with van der Waals surface area (Å²) in [7, 11) is -2.53. The first-order valence-corrected chi connectivity index (χ1v) is 5.87. The molecule has 0 aliphatic carbocycles. The molecule has 0 spiro atoms. The fraction of sp³-hybridized carbons (Fsp3) is 0.222. The summed E-state index contributed by atoms with van der Waals surface area (Å²) in [5.74, 6) is -0.481. The number of nitrogens with two attached hydrogens (primary N) is 1. The smallest absolute Gasteiger partial charge is 0.337 e. The van der Waals surface area contributed by atoms with Crippen molar-refractivity contribution in [2.45, 2.75) is 6.92 Å². The van der Waals surface area contributed by atoms with Crippen molar-refractivity contribution in [1.29, 1.82) is 0 Å². The molecule has 6 nitrogen and oxygen atoms in total. The van der Waals surface area contributed by atoms with Crippen molar-refractivity contribution in [3.8, 4) is 0 Å². The van der Waals surface area contributed by atoms with Gasteiger partial charge in [0.1, 0.15) is 0 Å². The zero-order valence-electron chi connectivity index (χ0n) is 8.85. The largest absolute Gasteiger partial charge is 0.465 e. The third-order valence-corrected chi connectivity index (χ3v) is 2.40. The normalized spacial score (nSPS) is 10.9. The molecule has 0 heterocycles. The van der Waals surface area contributed by atoms with Crippen molar-refractivity contribution < 1.29 is 17.9 Å². The minimum absolute atomic E-state index is 0.329. The van der Waals surface area contributed by atoms with Gasteiger partial charge in [0.25, 0.3) is 10.2 Å². The van der Waals surface area contributed by atoms with Crippen LogP contribution in [0.25, 0.3) is 0 Å². The van der Waals surface area contributed by atoms with E-state index in [1.54, 1.807) is 6.92 Å². The van der Waals surface area contributed by atoms with Crippen LogP contribution >= 0.6 is 0 Å². The van der Waals surface area contributed by atoms with Gasteiger partial charge < -0.3 is 4.74 Å². The molecule has 0 aliphatic rings. The predicted octanol–water partition coefficient (Wildman–Crippen LogP) is 0.397. The van der Waals surface area contributed by atoms with Gasteiger partial charge in [-0.2, -0.15) is 8.42 Å². The molecular formula is C9H12N2O4S. The van der Waals surface area contributed by atoms with E-state index in [0.29, 0.717) is 16.8 Å². The lowest BCUT2D eigenvalue weighted by atomic mass is 10.1. The first-order chi connectivity index (χ1) is 7.33. The molecule has 0 saturated carbocycles. The highest BCUT2D eigenvalue weighted by Gasteiger charge is 2.09. The zero-order valence-corrected chi connectivity index (χ0v) is 9.67. The Balaban J connectivity index is 3.05. The summed E-state index contributed by atoms with van der Waals surface area (Å²) in [6.07, 6.45) is 0. The standard InChI is InChI=1S/C9H12N2O4S/c1-6-5-7(9(12)15-2)3-4-8(6)11-16(10,13)14/h3-5,11H,1-2H3,(H2,10,13,14). The Kier molecular flexibility index (Phi) is 3.51. The Morgan fingerprint density at radius 2 is 2.06 bits per heavy atom. The number of anilines is 1. The molecule has 0 atom stereocenters. The van der Waals surface area contributed by atoms with E-state index in [-0.39, 0.29) is 0 Å². The molecule has 0 unspecified atom stereocenters. The van der Waals surface area contributed by atoms with Crippen LogP contribution in [0.4, 0.5) is 5.69 Å².